The standard InChI is InChI=1S/C19H12Cl2N2O/c20-13-7-5-8-14(21)18(13)22-15-9-2-1-6-12(15)19-23-16-10-3-4-11-17(16)24-19/h1-11,22H. The molecule has 0 unspecified atom stereocenters. The minimum Gasteiger partial charge on any atom is -0.436 e. The molecule has 24 heavy (non-hydrogen) atoms. The molecule has 4 rings (SSSR count). The van der Waals surface area contributed by atoms with E-state index in [0.717, 1.165) is 22.4 Å². The summed E-state index contributed by atoms with van der Waals surface area (Å²) in [6.45, 7) is 0. The first-order chi connectivity index (χ1) is 11.7. The summed E-state index contributed by atoms with van der Waals surface area (Å²) in [6.07, 6.45) is 0. The molecule has 0 saturated heterocycles. The SMILES string of the molecule is Clc1cccc(Cl)c1Nc1ccccc1-c1nc2ccccc2o1. The number of halogens is 2. The molecule has 3 aromatic carbocycles. The van der Waals surface area contributed by atoms with Crippen LogP contribution in [-0.2, 0) is 0 Å². The molecule has 0 aliphatic carbocycles. The molecular formula is C19H12Cl2N2O. The van der Waals surface area contributed by atoms with Crippen molar-refractivity contribution in [1.29, 1.82) is 0 Å². The number of aromatic nitrogens is 1. The van der Waals surface area contributed by atoms with Crippen LogP contribution >= 0.6 is 23.2 Å². The van der Waals surface area contributed by atoms with Crippen molar-refractivity contribution in [2.45, 2.75) is 0 Å². The van der Waals surface area contributed by atoms with Gasteiger partial charge >= 0.3 is 0 Å². The van der Waals surface area contributed by atoms with Crippen molar-refractivity contribution >= 4 is 45.7 Å². The fraction of sp³-hybridized carbons (Fsp3) is 0. The lowest BCUT2D eigenvalue weighted by atomic mass is 10.1. The van der Waals surface area contributed by atoms with Gasteiger partial charge in [0.25, 0.3) is 0 Å². The van der Waals surface area contributed by atoms with Crippen molar-refractivity contribution in [2.24, 2.45) is 0 Å². The highest BCUT2D eigenvalue weighted by Gasteiger charge is 2.14. The minimum atomic E-state index is 0.544. The van der Waals surface area contributed by atoms with Crippen molar-refractivity contribution in [1.82, 2.24) is 4.98 Å². The van der Waals surface area contributed by atoms with Crippen LogP contribution in [-0.4, -0.2) is 4.98 Å². The van der Waals surface area contributed by atoms with Crippen molar-refractivity contribution < 1.29 is 4.42 Å². The Morgan fingerprint density at radius 1 is 0.792 bits per heavy atom. The maximum absolute atomic E-state index is 6.26. The zero-order valence-electron chi connectivity index (χ0n) is 12.5. The van der Waals surface area contributed by atoms with Crippen LogP contribution in [0, 0.1) is 0 Å². The zero-order chi connectivity index (χ0) is 16.5. The van der Waals surface area contributed by atoms with Crippen molar-refractivity contribution in [3.63, 3.8) is 0 Å². The third-order valence-corrected chi connectivity index (χ3v) is 4.30. The average molecular weight is 355 g/mol. The van der Waals surface area contributed by atoms with Gasteiger partial charge < -0.3 is 9.73 Å². The Bertz CT molecular complexity index is 973. The summed E-state index contributed by atoms with van der Waals surface area (Å²) in [7, 11) is 0. The second-order valence-corrected chi connectivity index (χ2v) is 6.07. The van der Waals surface area contributed by atoms with Gasteiger partial charge in [-0.3, -0.25) is 0 Å². The van der Waals surface area contributed by atoms with Gasteiger partial charge in [-0.1, -0.05) is 53.5 Å². The molecule has 1 aromatic heterocycles. The molecule has 0 spiro atoms. The summed E-state index contributed by atoms with van der Waals surface area (Å²) in [5, 5.41) is 4.39. The number of fused-ring (bicyclic) bond motifs is 1. The summed E-state index contributed by atoms with van der Waals surface area (Å²) < 4.78 is 5.88. The topological polar surface area (TPSA) is 38.1 Å². The molecule has 0 saturated carbocycles. The van der Waals surface area contributed by atoms with Crippen molar-refractivity contribution in [3.05, 3.63) is 76.8 Å². The number of nitrogens with zero attached hydrogens (tertiary/aromatic N) is 1. The van der Waals surface area contributed by atoms with Crippen LogP contribution in [0.4, 0.5) is 11.4 Å². The number of para-hydroxylation sites is 4. The van der Waals surface area contributed by atoms with E-state index in [-0.39, 0.29) is 0 Å². The summed E-state index contributed by atoms with van der Waals surface area (Å²) in [6, 6.07) is 20.8. The maximum atomic E-state index is 6.26. The third-order valence-electron chi connectivity index (χ3n) is 3.67. The third kappa shape index (κ3) is 2.73. The number of hydrogen-bond acceptors (Lipinski definition) is 3. The molecular weight excluding hydrogens is 343 g/mol. The molecule has 0 amide bonds. The van der Waals surface area contributed by atoms with Gasteiger partial charge in [0.15, 0.2) is 5.58 Å². The Balaban J connectivity index is 1.81. The highest BCUT2D eigenvalue weighted by molar-refractivity contribution is 6.39. The monoisotopic (exact) mass is 354 g/mol. The molecule has 3 nitrogen and oxygen atoms in total. The molecule has 1 heterocycles. The number of hydrogen-bond donors (Lipinski definition) is 1. The Morgan fingerprint density at radius 3 is 2.29 bits per heavy atom. The van der Waals surface area contributed by atoms with E-state index in [2.05, 4.69) is 10.3 Å². The lowest BCUT2D eigenvalue weighted by Gasteiger charge is -2.12. The van der Waals surface area contributed by atoms with E-state index >= 15 is 0 Å². The van der Waals surface area contributed by atoms with E-state index in [4.69, 9.17) is 27.6 Å². The van der Waals surface area contributed by atoms with E-state index in [0.29, 0.717) is 21.6 Å². The summed E-state index contributed by atoms with van der Waals surface area (Å²) in [5.41, 5.74) is 3.88. The van der Waals surface area contributed by atoms with E-state index in [1.165, 1.54) is 0 Å². The molecule has 0 radical (unpaired) electrons. The fourth-order valence-corrected chi connectivity index (χ4v) is 3.01. The van der Waals surface area contributed by atoms with Gasteiger partial charge in [-0.15, -0.1) is 0 Å². The molecule has 0 aliphatic heterocycles. The zero-order valence-corrected chi connectivity index (χ0v) is 14.0. The first-order valence-electron chi connectivity index (χ1n) is 7.38. The van der Waals surface area contributed by atoms with E-state index in [1.54, 1.807) is 12.1 Å². The van der Waals surface area contributed by atoms with Crippen LogP contribution in [0.5, 0.6) is 0 Å². The maximum Gasteiger partial charge on any atom is 0.229 e. The highest BCUT2D eigenvalue weighted by atomic mass is 35.5. The van der Waals surface area contributed by atoms with Crippen LogP contribution in [0.25, 0.3) is 22.6 Å². The minimum absolute atomic E-state index is 0.544. The summed E-state index contributed by atoms with van der Waals surface area (Å²) >= 11 is 12.5. The first kappa shape index (κ1) is 15.1. The van der Waals surface area contributed by atoms with Crippen LogP contribution in [0.2, 0.25) is 10.0 Å². The predicted octanol–water partition coefficient (Wildman–Crippen LogP) is 6.55. The molecule has 4 aromatic rings. The summed E-state index contributed by atoms with van der Waals surface area (Å²) in [5.74, 6) is 0.544. The molecule has 0 aliphatic rings. The van der Waals surface area contributed by atoms with Crippen LogP contribution in [0.1, 0.15) is 0 Å². The average Bonchev–Trinajstić information content (AvgIpc) is 3.02. The van der Waals surface area contributed by atoms with Gasteiger partial charge in [0.05, 0.1) is 27.0 Å². The number of oxazole rings is 1. The van der Waals surface area contributed by atoms with E-state index in [1.807, 2.05) is 54.6 Å². The van der Waals surface area contributed by atoms with Crippen LogP contribution in [0.3, 0.4) is 0 Å². The molecule has 118 valence electrons. The van der Waals surface area contributed by atoms with Gasteiger partial charge in [-0.25, -0.2) is 4.98 Å². The lowest BCUT2D eigenvalue weighted by Crippen LogP contribution is -1.95. The largest absolute Gasteiger partial charge is 0.436 e. The summed E-state index contributed by atoms with van der Waals surface area (Å²) in [4.78, 5) is 4.56. The molecule has 0 fully saturated rings. The van der Waals surface area contributed by atoms with Crippen LogP contribution < -0.4 is 5.32 Å². The Morgan fingerprint density at radius 2 is 1.50 bits per heavy atom. The Hall–Kier alpha value is -2.49. The Kier molecular flexibility index (Phi) is 3.89. The molecule has 0 atom stereocenters. The van der Waals surface area contributed by atoms with Crippen molar-refractivity contribution in [2.75, 3.05) is 5.32 Å². The number of rotatable bonds is 3. The van der Waals surface area contributed by atoms with Gasteiger partial charge in [-0.05, 0) is 36.4 Å². The van der Waals surface area contributed by atoms with Gasteiger partial charge in [0.2, 0.25) is 5.89 Å². The normalized spacial score (nSPS) is 10.9. The highest BCUT2D eigenvalue weighted by Crippen LogP contribution is 2.36. The second-order valence-electron chi connectivity index (χ2n) is 5.25. The molecule has 0 bridgehead atoms. The number of anilines is 2. The lowest BCUT2D eigenvalue weighted by molar-refractivity contribution is 0.620. The predicted molar refractivity (Wildman–Crippen MR) is 99.2 cm³/mol. The molecule has 5 heteroatoms. The van der Waals surface area contributed by atoms with Gasteiger partial charge in [-0.2, -0.15) is 0 Å². The van der Waals surface area contributed by atoms with Crippen LogP contribution in [0.15, 0.2) is 71.1 Å². The smallest absolute Gasteiger partial charge is 0.229 e. The fourth-order valence-electron chi connectivity index (χ4n) is 2.52. The second kappa shape index (κ2) is 6.19. The first-order valence-corrected chi connectivity index (χ1v) is 8.14. The van der Waals surface area contributed by atoms with Gasteiger partial charge in [0, 0.05) is 0 Å². The number of nitrogens with one attached hydrogen (secondary N) is 1. The Labute approximate surface area is 148 Å². The van der Waals surface area contributed by atoms with E-state index in [9.17, 15) is 0 Å². The van der Waals surface area contributed by atoms with Crippen molar-refractivity contribution in [3.8, 4) is 11.5 Å². The number of benzene rings is 3. The van der Waals surface area contributed by atoms with Gasteiger partial charge in [0.1, 0.15) is 5.52 Å². The molecule has 1 N–H and O–H groups in total. The quantitative estimate of drug-likeness (QED) is 0.453. The van der Waals surface area contributed by atoms with E-state index < -0.39 is 0 Å².